The lowest BCUT2D eigenvalue weighted by Gasteiger charge is -2.61. The lowest BCUT2D eigenvalue weighted by Crippen LogP contribution is -2.56. The Balaban J connectivity index is 0.832. The fourth-order valence-corrected chi connectivity index (χ4v) is 12.3. The molecule has 47 heavy (non-hydrogen) atoms. The predicted octanol–water partition coefficient (Wildman–Crippen LogP) is 6.40. The molecule has 258 valence electrons. The first-order valence-corrected chi connectivity index (χ1v) is 18.8. The zero-order valence-electron chi connectivity index (χ0n) is 29.0. The van der Waals surface area contributed by atoms with Crippen molar-refractivity contribution in [1.82, 2.24) is 10.6 Å². The van der Waals surface area contributed by atoms with E-state index in [2.05, 4.69) is 38.3 Å². The molecule has 0 radical (unpaired) electrons. The van der Waals surface area contributed by atoms with Crippen LogP contribution >= 0.6 is 0 Å². The fourth-order valence-electron chi connectivity index (χ4n) is 12.3. The van der Waals surface area contributed by atoms with Gasteiger partial charge in [-0.15, -0.1) is 0 Å². The molecule has 2 saturated heterocycles. The second-order valence-electron chi connectivity index (χ2n) is 17.2. The van der Waals surface area contributed by atoms with Crippen molar-refractivity contribution in [1.29, 1.82) is 0 Å². The molecule has 3 aliphatic heterocycles. The van der Waals surface area contributed by atoms with Crippen LogP contribution in [0.4, 0.5) is 0 Å². The third kappa shape index (κ3) is 5.39. The standard InChI is InChI=1S/C39H56N2O6/c1-23-9-15-39(46-21-23)24(2)36-33(47-39)19-30-28-7-6-26-18-27(10-13-37(26,3)29(28)11-14-38(30,36)4)41-35(43)20-34(42)40-16-12-25-5-8-31-32(17-25)45-22-44-31/h5,8,17,23-24,26-30,33,36H,6-7,9-16,18-22H2,1-4H3,(H,40,42)(H,41,43)/t23-,24+,26-,27+,28-,29+,30+,33+,36+,37+,38+,39-/m1/s1. The molecule has 2 N–H and O–H groups in total. The molecule has 4 aliphatic carbocycles. The van der Waals surface area contributed by atoms with Gasteiger partial charge in [-0.1, -0.05) is 33.8 Å². The second-order valence-corrected chi connectivity index (χ2v) is 17.2. The average molecular weight is 649 g/mol. The van der Waals surface area contributed by atoms with Gasteiger partial charge >= 0.3 is 0 Å². The maximum atomic E-state index is 12.9. The summed E-state index contributed by atoms with van der Waals surface area (Å²) in [6.07, 6.45) is 12.8. The van der Waals surface area contributed by atoms with Crippen LogP contribution in [0.25, 0.3) is 0 Å². The topological polar surface area (TPSA) is 95.1 Å². The lowest BCUT2D eigenvalue weighted by molar-refractivity contribution is -0.273. The summed E-state index contributed by atoms with van der Waals surface area (Å²) in [6, 6.07) is 6.00. The highest BCUT2D eigenvalue weighted by Gasteiger charge is 2.69. The summed E-state index contributed by atoms with van der Waals surface area (Å²) in [7, 11) is 0. The van der Waals surface area contributed by atoms with Gasteiger partial charge in [0.15, 0.2) is 17.3 Å². The van der Waals surface area contributed by atoms with E-state index in [1.807, 2.05) is 18.2 Å². The van der Waals surface area contributed by atoms with Crippen molar-refractivity contribution < 1.29 is 28.5 Å². The molecular weight excluding hydrogens is 592 g/mol. The van der Waals surface area contributed by atoms with E-state index in [1.54, 1.807) is 0 Å². The predicted molar refractivity (Wildman–Crippen MR) is 178 cm³/mol. The third-order valence-corrected chi connectivity index (χ3v) is 14.8. The van der Waals surface area contributed by atoms with E-state index in [1.165, 1.54) is 44.9 Å². The number of benzene rings is 1. The molecule has 1 aromatic rings. The van der Waals surface area contributed by atoms with Crippen molar-refractivity contribution in [3.05, 3.63) is 23.8 Å². The van der Waals surface area contributed by atoms with Crippen LogP contribution in [0.3, 0.4) is 0 Å². The molecule has 0 unspecified atom stereocenters. The Morgan fingerprint density at radius 3 is 2.55 bits per heavy atom. The molecule has 3 heterocycles. The van der Waals surface area contributed by atoms with Crippen molar-refractivity contribution in [2.24, 2.45) is 52.3 Å². The van der Waals surface area contributed by atoms with Crippen LogP contribution < -0.4 is 20.1 Å². The SMILES string of the molecule is C[C@@H]1CC[C@@]2(OC1)O[C@H]1C[C@H]3[C@@H]4CC[C@@H]5C[C@@H](NC(=O)CC(=O)NCCc6ccc7c(c6)OCO7)CC[C@]5(C)[C@H]4CC[C@]3(C)[C@H]1[C@@H]2C. The van der Waals surface area contributed by atoms with E-state index in [4.69, 9.17) is 18.9 Å². The fraction of sp³-hybridized carbons (Fsp3) is 0.795. The van der Waals surface area contributed by atoms with Crippen molar-refractivity contribution in [3.63, 3.8) is 0 Å². The zero-order chi connectivity index (χ0) is 32.6. The summed E-state index contributed by atoms with van der Waals surface area (Å²) in [4.78, 5) is 25.5. The Bertz CT molecular complexity index is 1370. The first kappa shape index (κ1) is 31.9. The van der Waals surface area contributed by atoms with Crippen LogP contribution in [0.15, 0.2) is 18.2 Å². The first-order valence-electron chi connectivity index (χ1n) is 18.8. The summed E-state index contributed by atoms with van der Waals surface area (Å²) < 4.78 is 24.3. The number of hydrogen-bond donors (Lipinski definition) is 2. The van der Waals surface area contributed by atoms with Crippen LogP contribution in [0.2, 0.25) is 0 Å². The summed E-state index contributed by atoms with van der Waals surface area (Å²) in [5.74, 6) is 5.44. The second kappa shape index (κ2) is 11.9. The molecule has 2 amide bonds. The normalized spacial score (nSPS) is 44.6. The Hall–Kier alpha value is -2.32. The summed E-state index contributed by atoms with van der Waals surface area (Å²) >= 11 is 0. The van der Waals surface area contributed by atoms with E-state index in [-0.39, 0.29) is 36.9 Å². The van der Waals surface area contributed by atoms with Crippen molar-refractivity contribution in [2.45, 2.75) is 123 Å². The number of carbonyl (C=O) groups excluding carboxylic acids is 2. The zero-order valence-corrected chi connectivity index (χ0v) is 29.0. The number of amides is 2. The average Bonchev–Trinajstić information content (AvgIpc) is 3.70. The van der Waals surface area contributed by atoms with Crippen LogP contribution in [0.5, 0.6) is 11.5 Å². The molecular formula is C39H56N2O6. The summed E-state index contributed by atoms with van der Waals surface area (Å²) in [5, 5.41) is 6.17. The Labute approximate surface area is 280 Å². The maximum absolute atomic E-state index is 12.9. The van der Waals surface area contributed by atoms with Gasteiger partial charge in [-0.3, -0.25) is 9.59 Å². The highest BCUT2D eigenvalue weighted by molar-refractivity contribution is 5.96. The quantitative estimate of drug-likeness (QED) is 0.347. The van der Waals surface area contributed by atoms with Crippen LogP contribution in [-0.2, 0) is 25.5 Å². The number of nitrogens with one attached hydrogen (secondary N) is 2. The molecule has 1 spiro atoms. The van der Waals surface area contributed by atoms with Gasteiger partial charge in [0.1, 0.15) is 6.42 Å². The number of hydrogen-bond acceptors (Lipinski definition) is 6. The molecule has 8 nitrogen and oxygen atoms in total. The van der Waals surface area contributed by atoms with Gasteiger partial charge in [0.2, 0.25) is 18.6 Å². The van der Waals surface area contributed by atoms with E-state index >= 15 is 0 Å². The molecule has 0 bridgehead atoms. The minimum Gasteiger partial charge on any atom is -0.454 e. The van der Waals surface area contributed by atoms with Gasteiger partial charge in [0.25, 0.3) is 0 Å². The minimum absolute atomic E-state index is 0.112. The monoisotopic (exact) mass is 648 g/mol. The molecule has 6 fully saturated rings. The lowest BCUT2D eigenvalue weighted by atomic mass is 9.44. The molecule has 1 aromatic carbocycles. The molecule has 8 heteroatoms. The Kier molecular flexibility index (Phi) is 8.10. The third-order valence-electron chi connectivity index (χ3n) is 14.8. The smallest absolute Gasteiger partial charge is 0.231 e. The number of ether oxygens (including phenoxy) is 4. The van der Waals surface area contributed by atoms with E-state index in [0.717, 1.165) is 60.7 Å². The molecule has 12 atom stereocenters. The van der Waals surface area contributed by atoms with Crippen molar-refractivity contribution in [2.75, 3.05) is 19.9 Å². The van der Waals surface area contributed by atoms with E-state index < -0.39 is 0 Å². The maximum Gasteiger partial charge on any atom is 0.231 e. The Morgan fingerprint density at radius 2 is 1.72 bits per heavy atom. The van der Waals surface area contributed by atoms with Crippen LogP contribution in [0, 0.1) is 52.3 Å². The number of carbonyl (C=O) groups is 2. The molecule has 8 rings (SSSR count). The van der Waals surface area contributed by atoms with Gasteiger partial charge in [-0.2, -0.15) is 0 Å². The van der Waals surface area contributed by atoms with Gasteiger partial charge in [-0.05, 0) is 128 Å². The van der Waals surface area contributed by atoms with E-state index in [0.29, 0.717) is 53.6 Å². The van der Waals surface area contributed by atoms with E-state index in [9.17, 15) is 9.59 Å². The van der Waals surface area contributed by atoms with Gasteiger partial charge < -0.3 is 29.6 Å². The summed E-state index contributed by atoms with van der Waals surface area (Å²) in [6.45, 7) is 11.5. The first-order chi connectivity index (χ1) is 22.6. The van der Waals surface area contributed by atoms with Gasteiger partial charge in [-0.25, -0.2) is 0 Å². The van der Waals surface area contributed by atoms with Gasteiger partial charge in [0, 0.05) is 24.9 Å². The van der Waals surface area contributed by atoms with Crippen molar-refractivity contribution >= 4 is 11.8 Å². The largest absolute Gasteiger partial charge is 0.454 e. The van der Waals surface area contributed by atoms with Crippen LogP contribution in [0.1, 0.15) is 104 Å². The van der Waals surface area contributed by atoms with Gasteiger partial charge in [0.05, 0.1) is 12.7 Å². The number of fused-ring (bicyclic) bond motifs is 8. The highest BCUT2D eigenvalue weighted by Crippen LogP contribution is 2.71. The van der Waals surface area contributed by atoms with Crippen LogP contribution in [-0.4, -0.2) is 49.7 Å². The molecule has 4 saturated carbocycles. The highest BCUT2D eigenvalue weighted by atomic mass is 16.7. The number of rotatable bonds is 6. The minimum atomic E-state index is -0.339. The Morgan fingerprint density at radius 1 is 0.894 bits per heavy atom. The van der Waals surface area contributed by atoms with Crippen molar-refractivity contribution in [3.8, 4) is 11.5 Å². The molecule has 7 aliphatic rings. The molecule has 0 aromatic heterocycles. The summed E-state index contributed by atoms with van der Waals surface area (Å²) in [5.41, 5.74) is 1.75.